The first-order chi connectivity index (χ1) is 8.21. The minimum Gasteiger partial charge on any atom is -0.486 e. The molecule has 0 aromatic heterocycles. The molecule has 4 heteroatoms. The number of benzene rings is 1. The van der Waals surface area contributed by atoms with Crippen LogP contribution in [0, 0.1) is 0 Å². The van der Waals surface area contributed by atoms with Gasteiger partial charge in [-0.1, -0.05) is 17.7 Å². The highest BCUT2D eigenvalue weighted by Crippen LogP contribution is 2.27. The molecule has 0 aliphatic carbocycles. The summed E-state index contributed by atoms with van der Waals surface area (Å²) in [7, 11) is 3.59. The van der Waals surface area contributed by atoms with Crippen LogP contribution in [0.15, 0.2) is 35.3 Å². The van der Waals surface area contributed by atoms with Gasteiger partial charge in [-0.15, -0.1) is 0 Å². The first-order valence-electron chi connectivity index (χ1n) is 5.39. The molecule has 1 N–H and O–H groups in total. The molecule has 17 heavy (non-hydrogen) atoms. The van der Waals surface area contributed by atoms with Gasteiger partial charge in [0.1, 0.15) is 12.4 Å². The predicted molar refractivity (Wildman–Crippen MR) is 74.7 cm³/mol. The third kappa shape index (κ3) is 4.11. The third-order valence-electron chi connectivity index (χ3n) is 2.24. The Morgan fingerprint density at radius 1 is 1.53 bits per heavy atom. The number of anilines is 1. The molecule has 0 heterocycles. The highest BCUT2D eigenvalue weighted by Gasteiger charge is 2.03. The summed E-state index contributed by atoms with van der Waals surface area (Å²) in [5.74, 6) is 0.663. The summed E-state index contributed by atoms with van der Waals surface area (Å²) in [6.07, 6.45) is 3.84. The summed E-state index contributed by atoms with van der Waals surface area (Å²) in [5, 5.41) is 3.61. The van der Waals surface area contributed by atoms with Crippen molar-refractivity contribution >= 4 is 23.0 Å². The predicted octanol–water partition coefficient (Wildman–Crippen LogP) is 3.41. The maximum absolute atomic E-state index is 6.09. The van der Waals surface area contributed by atoms with E-state index in [1.807, 2.05) is 44.3 Å². The molecular weight excluding hydrogens is 236 g/mol. The van der Waals surface area contributed by atoms with Crippen LogP contribution in [-0.4, -0.2) is 26.4 Å². The van der Waals surface area contributed by atoms with Crippen molar-refractivity contribution in [1.82, 2.24) is 0 Å². The molecule has 0 saturated carbocycles. The maximum Gasteiger partial charge on any atom is 0.138 e. The van der Waals surface area contributed by atoms with Gasteiger partial charge in [-0.05, 0) is 31.2 Å². The summed E-state index contributed by atoms with van der Waals surface area (Å²) in [6, 6.07) is 5.59. The van der Waals surface area contributed by atoms with Crippen molar-refractivity contribution in [2.75, 3.05) is 26.0 Å². The van der Waals surface area contributed by atoms with Gasteiger partial charge in [-0.3, -0.25) is 4.99 Å². The van der Waals surface area contributed by atoms with Crippen molar-refractivity contribution in [1.29, 1.82) is 0 Å². The molecule has 0 unspecified atom stereocenters. The van der Waals surface area contributed by atoms with Crippen LogP contribution in [0.25, 0.3) is 0 Å². The Balaban J connectivity index is 2.69. The molecule has 1 rings (SSSR count). The summed E-state index contributed by atoms with van der Waals surface area (Å²) in [5.41, 5.74) is 1.83. The fraction of sp³-hybridized carbons (Fsp3) is 0.308. The standard InChI is InChI=1S/C13H17ClN2O/c1-4-5-11(16-3)9-17-13-7-6-10(15-2)8-12(13)14/h4-8,15H,9H2,1-3H3/b5-4-,16-11?. The van der Waals surface area contributed by atoms with E-state index in [1.54, 1.807) is 7.05 Å². The van der Waals surface area contributed by atoms with E-state index >= 15 is 0 Å². The lowest BCUT2D eigenvalue weighted by molar-refractivity contribution is 0.377. The normalized spacial score (nSPS) is 11.9. The Kier molecular flexibility index (Phi) is 5.57. The van der Waals surface area contributed by atoms with Crippen molar-refractivity contribution in [2.45, 2.75) is 6.92 Å². The first kappa shape index (κ1) is 13.6. The Labute approximate surface area is 107 Å². The van der Waals surface area contributed by atoms with Gasteiger partial charge in [0, 0.05) is 19.8 Å². The highest BCUT2D eigenvalue weighted by atomic mass is 35.5. The van der Waals surface area contributed by atoms with Crippen molar-refractivity contribution < 1.29 is 4.74 Å². The SMILES string of the molecule is C/C=C\C(COc1ccc(NC)cc1Cl)=NC. The van der Waals surface area contributed by atoms with Crippen molar-refractivity contribution in [3.8, 4) is 5.75 Å². The van der Waals surface area contributed by atoms with E-state index in [4.69, 9.17) is 16.3 Å². The van der Waals surface area contributed by atoms with Gasteiger partial charge in [0.05, 0.1) is 10.7 Å². The van der Waals surface area contributed by atoms with Crippen molar-refractivity contribution in [3.63, 3.8) is 0 Å². The second-order valence-electron chi connectivity index (χ2n) is 3.40. The molecule has 0 aliphatic heterocycles. The number of nitrogens with zero attached hydrogens (tertiary/aromatic N) is 1. The quantitative estimate of drug-likeness (QED) is 0.815. The molecule has 1 aromatic rings. The number of halogens is 1. The molecule has 0 aliphatic rings. The second-order valence-corrected chi connectivity index (χ2v) is 3.81. The van der Waals surface area contributed by atoms with E-state index < -0.39 is 0 Å². The lowest BCUT2D eigenvalue weighted by Gasteiger charge is -2.09. The van der Waals surface area contributed by atoms with Crippen LogP contribution in [0.3, 0.4) is 0 Å². The minimum atomic E-state index is 0.416. The average Bonchev–Trinajstić information content (AvgIpc) is 2.35. The van der Waals surface area contributed by atoms with Gasteiger partial charge < -0.3 is 10.1 Å². The average molecular weight is 253 g/mol. The largest absolute Gasteiger partial charge is 0.486 e. The van der Waals surface area contributed by atoms with Gasteiger partial charge >= 0.3 is 0 Å². The topological polar surface area (TPSA) is 33.6 Å². The van der Waals surface area contributed by atoms with Gasteiger partial charge in [0.15, 0.2) is 0 Å². The van der Waals surface area contributed by atoms with E-state index in [9.17, 15) is 0 Å². The molecule has 0 radical (unpaired) electrons. The molecular formula is C13H17ClN2O. The van der Waals surface area contributed by atoms with Crippen LogP contribution >= 0.6 is 11.6 Å². The number of allylic oxidation sites excluding steroid dienone is 1. The summed E-state index contributed by atoms with van der Waals surface area (Å²) >= 11 is 6.09. The second kappa shape index (κ2) is 6.97. The Morgan fingerprint density at radius 3 is 2.82 bits per heavy atom. The van der Waals surface area contributed by atoms with Crippen LogP contribution in [0.4, 0.5) is 5.69 Å². The monoisotopic (exact) mass is 252 g/mol. The summed E-state index contributed by atoms with van der Waals surface area (Å²) in [6.45, 7) is 2.36. The Bertz CT molecular complexity index is 427. The Morgan fingerprint density at radius 2 is 2.29 bits per heavy atom. The maximum atomic E-state index is 6.09. The van der Waals surface area contributed by atoms with Crippen LogP contribution in [0.2, 0.25) is 5.02 Å². The third-order valence-corrected chi connectivity index (χ3v) is 2.54. The van der Waals surface area contributed by atoms with E-state index in [2.05, 4.69) is 10.3 Å². The lowest BCUT2D eigenvalue weighted by atomic mass is 10.3. The number of hydrogen-bond donors (Lipinski definition) is 1. The fourth-order valence-corrected chi connectivity index (χ4v) is 1.54. The Hall–Kier alpha value is -1.48. The molecule has 0 fully saturated rings. The lowest BCUT2D eigenvalue weighted by Crippen LogP contribution is -2.09. The van der Waals surface area contributed by atoms with E-state index in [-0.39, 0.29) is 0 Å². The van der Waals surface area contributed by atoms with E-state index in [0.717, 1.165) is 11.4 Å². The molecule has 0 spiro atoms. The number of nitrogens with one attached hydrogen (secondary N) is 1. The first-order valence-corrected chi connectivity index (χ1v) is 5.77. The van der Waals surface area contributed by atoms with Gasteiger partial charge in [0.2, 0.25) is 0 Å². The summed E-state index contributed by atoms with van der Waals surface area (Å²) < 4.78 is 5.60. The molecule has 1 aromatic carbocycles. The zero-order valence-electron chi connectivity index (χ0n) is 10.3. The minimum absolute atomic E-state index is 0.416. The fourth-order valence-electron chi connectivity index (χ4n) is 1.30. The van der Waals surface area contributed by atoms with Crippen molar-refractivity contribution in [3.05, 3.63) is 35.4 Å². The van der Waals surface area contributed by atoms with Crippen LogP contribution in [-0.2, 0) is 0 Å². The van der Waals surface area contributed by atoms with Crippen LogP contribution in [0.5, 0.6) is 5.75 Å². The molecule has 3 nitrogen and oxygen atoms in total. The smallest absolute Gasteiger partial charge is 0.138 e. The molecule has 0 bridgehead atoms. The van der Waals surface area contributed by atoms with E-state index in [0.29, 0.717) is 17.4 Å². The van der Waals surface area contributed by atoms with Crippen molar-refractivity contribution in [2.24, 2.45) is 4.99 Å². The molecule has 0 saturated heterocycles. The van der Waals surface area contributed by atoms with Gasteiger partial charge in [-0.2, -0.15) is 0 Å². The number of rotatable bonds is 5. The molecule has 0 amide bonds. The summed E-state index contributed by atoms with van der Waals surface area (Å²) in [4.78, 5) is 4.11. The van der Waals surface area contributed by atoms with Crippen LogP contribution in [0.1, 0.15) is 6.92 Å². The highest BCUT2D eigenvalue weighted by molar-refractivity contribution is 6.32. The molecule has 92 valence electrons. The molecule has 0 atom stereocenters. The van der Waals surface area contributed by atoms with Gasteiger partial charge in [0.25, 0.3) is 0 Å². The zero-order valence-corrected chi connectivity index (χ0v) is 11.1. The number of hydrogen-bond acceptors (Lipinski definition) is 3. The van der Waals surface area contributed by atoms with Gasteiger partial charge in [-0.25, -0.2) is 0 Å². The zero-order chi connectivity index (χ0) is 12.7. The van der Waals surface area contributed by atoms with E-state index in [1.165, 1.54) is 0 Å². The number of ether oxygens (including phenoxy) is 1. The van der Waals surface area contributed by atoms with Crippen LogP contribution < -0.4 is 10.1 Å². The number of aliphatic imine (C=N–C) groups is 1.